The minimum absolute atomic E-state index is 0.0452. The third kappa shape index (κ3) is 5.79. The fourth-order valence-corrected chi connectivity index (χ4v) is 2.12. The molecule has 0 aliphatic carbocycles. The van der Waals surface area contributed by atoms with Crippen molar-refractivity contribution in [2.24, 2.45) is 0 Å². The lowest BCUT2D eigenvalue weighted by Gasteiger charge is -2.10. The van der Waals surface area contributed by atoms with E-state index in [1.807, 2.05) is 0 Å². The average molecular weight is 371 g/mol. The molecule has 0 atom stereocenters. The fraction of sp³-hybridized carbons (Fsp3) is 0.176. The quantitative estimate of drug-likeness (QED) is 0.831. The Hall–Kier alpha value is -2.54. The maximum atomic E-state index is 12.6. The molecule has 2 N–H and O–H groups in total. The molecule has 0 saturated heterocycles. The van der Waals surface area contributed by atoms with Crippen molar-refractivity contribution in [2.75, 3.05) is 11.9 Å². The van der Waals surface area contributed by atoms with Crippen LogP contribution in [0.1, 0.15) is 22.3 Å². The van der Waals surface area contributed by atoms with Crippen molar-refractivity contribution < 1.29 is 22.8 Å². The van der Waals surface area contributed by atoms with Crippen LogP contribution in [0.15, 0.2) is 48.5 Å². The molecule has 0 spiro atoms. The van der Waals surface area contributed by atoms with Gasteiger partial charge in [-0.3, -0.25) is 9.59 Å². The fourth-order valence-electron chi connectivity index (χ4n) is 1.99. The lowest BCUT2D eigenvalue weighted by Crippen LogP contribution is -2.27. The largest absolute Gasteiger partial charge is 0.416 e. The Labute approximate surface area is 147 Å². The van der Waals surface area contributed by atoms with Crippen molar-refractivity contribution >= 4 is 29.1 Å². The topological polar surface area (TPSA) is 58.2 Å². The number of hydrogen-bond acceptors (Lipinski definition) is 2. The standard InChI is InChI=1S/C17H14ClF3N2O2/c18-13-6-4-11(5-7-13)16(25)22-9-8-15(24)23-14-3-1-2-12(10-14)17(19,20)21/h1-7,10H,8-9H2,(H,22,25)(H,23,24). The zero-order valence-electron chi connectivity index (χ0n) is 12.9. The monoisotopic (exact) mass is 370 g/mol. The van der Waals surface area contributed by atoms with Crippen LogP contribution in [0.2, 0.25) is 5.02 Å². The van der Waals surface area contributed by atoms with Gasteiger partial charge in [-0.2, -0.15) is 13.2 Å². The van der Waals surface area contributed by atoms with Crippen LogP contribution in [0, 0.1) is 0 Å². The molecule has 0 aliphatic heterocycles. The molecule has 2 amide bonds. The summed E-state index contributed by atoms with van der Waals surface area (Å²) < 4.78 is 37.8. The van der Waals surface area contributed by atoms with E-state index in [4.69, 9.17) is 11.6 Å². The molecule has 8 heteroatoms. The maximum absolute atomic E-state index is 12.6. The van der Waals surface area contributed by atoms with Gasteiger partial charge in [0.1, 0.15) is 0 Å². The number of carbonyl (C=O) groups excluding carboxylic acids is 2. The molecule has 2 aromatic carbocycles. The maximum Gasteiger partial charge on any atom is 0.416 e. The van der Waals surface area contributed by atoms with Crippen LogP contribution in [0.5, 0.6) is 0 Å². The summed E-state index contributed by atoms with van der Waals surface area (Å²) in [6, 6.07) is 10.6. The molecule has 0 heterocycles. The van der Waals surface area contributed by atoms with Gasteiger partial charge >= 0.3 is 6.18 Å². The highest BCUT2D eigenvalue weighted by Gasteiger charge is 2.30. The molecule has 132 valence electrons. The molecule has 2 rings (SSSR count). The Balaban J connectivity index is 1.83. The number of anilines is 1. The third-order valence-corrected chi connectivity index (χ3v) is 3.47. The number of halogens is 4. The summed E-state index contributed by atoms with van der Waals surface area (Å²) >= 11 is 5.72. The number of benzene rings is 2. The van der Waals surface area contributed by atoms with E-state index in [0.29, 0.717) is 10.6 Å². The van der Waals surface area contributed by atoms with E-state index in [9.17, 15) is 22.8 Å². The Morgan fingerprint density at radius 3 is 2.36 bits per heavy atom. The summed E-state index contributed by atoms with van der Waals surface area (Å²) in [5.74, 6) is -0.876. The van der Waals surface area contributed by atoms with Crippen LogP contribution in [0.25, 0.3) is 0 Å². The molecule has 4 nitrogen and oxygen atoms in total. The lowest BCUT2D eigenvalue weighted by molar-refractivity contribution is -0.137. The molecule has 0 radical (unpaired) electrons. The second-order valence-electron chi connectivity index (χ2n) is 5.14. The Bertz CT molecular complexity index is 761. The van der Waals surface area contributed by atoms with Crippen LogP contribution in [0.4, 0.5) is 18.9 Å². The molecule has 25 heavy (non-hydrogen) atoms. The first-order chi connectivity index (χ1) is 11.8. The third-order valence-electron chi connectivity index (χ3n) is 3.22. The Kier molecular flexibility index (Phi) is 6.03. The van der Waals surface area contributed by atoms with Crippen molar-refractivity contribution in [1.29, 1.82) is 0 Å². The van der Waals surface area contributed by atoms with E-state index in [1.54, 1.807) is 24.3 Å². The molecule has 0 unspecified atom stereocenters. The summed E-state index contributed by atoms with van der Waals surface area (Å²) in [6.45, 7) is 0.0479. The molecule has 2 aromatic rings. The highest BCUT2D eigenvalue weighted by molar-refractivity contribution is 6.30. The second-order valence-corrected chi connectivity index (χ2v) is 5.58. The van der Waals surface area contributed by atoms with Crippen molar-refractivity contribution in [3.63, 3.8) is 0 Å². The predicted octanol–water partition coefficient (Wildman–Crippen LogP) is 4.12. The number of hydrogen-bond donors (Lipinski definition) is 2. The van der Waals surface area contributed by atoms with Gasteiger partial charge < -0.3 is 10.6 Å². The number of amides is 2. The first kappa shape index (κ1) is 18.8. The molecule has 0 aromatic heterocycles. The predicted molar refractivity (Wildman–Crippen MR) is 88.5 cm³/mol. The summed E-state index contributed by atoms with van der Waals surface area (Å²) in [7, 11) is 0. The van der Waals surface area contributed by atoms with Gasteiger partial charge in [-0.25, -0.2) is 0 Å². The van der Waals surface area contributed by atoms with Crippen molar-refractivity contribution in [3.05, 3.63) is 64.7 Å². The van der Waals surface area contributed by atoms with Gasteiger partial charge in [-0.15, -0.1) is 0 Å². The second kappa shape index (κ2) is 8.02. The minimum atomic E-state index is -4.48. The van der Waals surface area contributed by atoms with Crippen LogP contribution in [0.3, 0.4) is 0 Å². The van der Waals surface area contributed by atoms with E-state index < -0.39 is 17.6 Å². The van der Waals surface area contributed by atoms with E-state index in [-0.39, 0.29) is 24.6 Å². The molecule has 0 saturated carbocycles. The van der Waals surface area contributed by atoms with E-state index >= 15 is 0 Å². The summed E-state index contributed by atoms with van der Waals surface area (Å²) in [5, 5.41) is 5.41. The van der Waals surface area contributed by atoms with Crippen LogP contribution >= 0.6 is 11.6 Å². The van der Waals surface area contributed by atoms with Gasteiger partial charge in [0.15, 0.2) is 0 Å². The highest BCUT2D eigenvalue weighted by Crippen LogP contribution is 2.30. The van der Waals surface area contributed by atoms with Crippen LogP contribution < -0.4 is 10.6 Å². The van der Waals surface area contributed by atoms with E-state index in [1.165, 1.54) is 12.1 Å². The molecular weight excluding hydrogens is 357 g/mol. The first-order valence-electron chi connectivity index (χ1n) is 7.26. The Morgan fingerprint density at radius 1 is 1.04 bits per heavy atom. The van der Waals surface area contributed by atoms with Gasteiger partial charge in [0.2, 0.25) is 5.91 Å². The first-order valence-corrected chi connectivity index (χ1v) is 7.64. The lowest BCUT2D eigenvalue weighted by atomic mass is 10.2. The highest BCUT2D eigenvalue weighted by atomic mass is 35.5. The van der Waals surface area contributed by atoms with Gasteiger partial charge in [0.05, 0.1) is 5.56 Å². The molecular formula is C17H14ClF3N2O2. The number of rotatable bonds is 5. The summed E-state index contributed by atoms with van der Waals surface area (Å²) in [5.41, 5.74) is -0.409. The van der Waals surface area contributed by atoms with Gasteiger partial charge in [0, 0.05) is 29.2 Å². The van der Waals surface area contributed by atoms with Crippen LogP contribution in [-0.2, 0) is 11.0 Å². The van der Waals surface area contributed by atoms with Gasteiger partial charge in [-0.05, 0) is 42.5 Å². The molecule has 0 aliphatic rings. The number of alkyl halides is 3. The molecule has 0 bridgehead atoms. The van der Waals surface area contributed by atoms with Gasteiger partial charge in [-0.1, -0.05) is 17.7 Å². The van der Waals surface area contributed by atoms with E-state index in [0.717, 1.165) is 12.1 Å². The number of nitrogens with one attached hydrogen (secondary N) is 2. The molecule has 0 fully saturated rings. The number of carbonyl (C=O) groups is 2. The zero-order chi connectivity index (χ0) is 18.4. The van der Waals surface area contributed by atoms with Crippen molar-refractivity contribution in [1.82, 2.24) is 5.32 Å². The SMILES string of the molecule is O=C(CCNC(=O)c1ccc(Cl)cc1)Nc1cccc(C(F)(F)F)c1. The van der Waals surface area contributed by atoms with Crippen molar-refractivity contribution in [3.8, 4) is 0 Å². The smallest absolute Gasteiger partial charge is 0.352 e. The average Bonchev–Trinajstić information content (AvgIpc) is 2.55. The minimum Gasteiger partial charge on any atom is -0.352 e. The summed E-state index contributed by atoms with van der Waals surface area (Å²) in [4.78, 5) is 23.6. The van der Waals surface area contributed by atoms with Crippen molar-refractivity contribution in [2.45, 2.75) is 12.6 Å². The van der Waals surface area contributed by atoms with E-state index in [2.05, 4.69) is 10.6 Å². The van der Waals surface area contributed by atoms with Crippen LogP contribution in [-0.4, -0.2) is 18.4 Å². The Morgan fingerprint density at radius 2 is 1.72 bits per heavy atom. The normalized spacial score (nSPS) is 11.0. The van der Waals surface area contributed by atoms with Gasteiger partial charge in [0.25, 0.3) is 5.91 Å². The zero-order valence-corrected chi connectivity index (χ0v) is 13.6. The summed E-state index contributed by atoms with van der Waals surface area (Å²) in [6.07, 6.45) is -4.55.